The van der Waals surface area contributed by atoms with Crippen molar-refractivity contribution in [3.05, 3.63) is 77.9 Å². The molecule has 0 aromatic heterocycles. The molecule has 0 radical (unpaired) electrons. The predicted octanol–water partition coefficient (Wildman–Crippen LogP) is 5.35. The van der Waals surface area contributed by atoms with E-state index in [0.717, 1.165) is 23.4 Å². The van der Waals surface area contributed by atoms with E-state index in [-0.39, 0.29) is 11.5 Å². The van der Waals surface area contributed by atoms with Crippen LogP contribution in [0.5, 0.6) is 28.7 Å². The zero-order valence-corrected chi connectivity index (χ0v) is 17.7. The van der Waals surface area contributed by atoms with Gasteiger partial charge in [-0.25, -0.2) is 0 Å². The Kier molecular flexibility index (Phi) is 6.95. The molecule has 3 aromatic carbocycles. The van der Waals surface area contributed by atoms with E-state index in [2.05, 4.69) is 4.90 Å². The van der Waals surface area contributed by atoms with Gasteiger partial charge in [-0.3, -0.25) is 4.90 Å². The van der Waals surface area contributed by atoms with Gasteiger partial charge in [-0.15, -0.1) is 0 Å². The summed E-state index contributed by atoms with van der Waals surface area (Å²) in [7, 11) is 0. The van der Waals surface area contributed by atoms with Crippen molar-refractivity contribution in [2.75, 3.05) is 26.2 Å². The summed E-state index contributed by atoms with van der Waals surface area (Å²) in [6, 6.07) is 19.8. The van der Waals surface area contributed by atoms with Gasteiger partial charge < -0.3 is 19.7 Å². The van der Waals surface area contributed by atoms with Crippen LogP contribution >= 0.6 is 0 Å². The van der Waals surface area contributed by atoms with Crippen LogP contribution in [0.1, 0.15) is 30.4 Å². The zero-order chi connectivity index (χ0) is 21.5. The van der Waals surface area contributed by atoms with Crippen molar-refractivity contribution in [1.29, 1.82) is 0 Å². The van der Waals surface area contributed by atoms with Crippen LogP contribution in [0.15, 0.2) is 66.7 Å². The topological polar surface area (TPSA) is 62.2 Å². The minimum absolute atomic E-state index is 0.192. The summed E-state index contributed by atoms with van der Waals surface area (Å²) in [6.45, 7) is 4.04. The van der Waals surface area contributed by atoms with E-state index >= 15 is 0 Å². The van der Waals surface area contributed by atoms with Gasteiger partial charge in [0.15, 0.2) is 0 Å². The summed E-state index contributed by atoms with van der Waals surface area (Å²) >= 11 is 0. The van der Waals surface area contributed by atoms with Gasteiger partial charge >= 0.3 is 0 Å². The number of nitrogens with zero attached hydrogens (tertiary/aromatic N) is 1. The van der Waals surface area contributed by atoms with Crippen LogP contribution in [0.4, 0.5) is 0 Å². The molecule has 2 N–H and O–H groups in total. The molecule has 1 fully saturated rings. The number of hydrogen-bond acceptors (Lipinski definition) is 5. The molecular formula is C26H29NO4. The smallest absolute Gasteiger partial charge is 0.127 e. The van der Waals surface area contributed by atoms with Crippen LogP contribution in [-0.4, -0.2) is 41.4 Å². The van der Waals surface area contributed by atoms with E-state index in [0.29, 0.717) is 24.5 Å². The zero-order valence-electron chi connectivity index (χ0n) is 17.7. The molecule has 0 amide bonds. The lowest BCUT2D eigenvalue weighted by Gasteiger charge is -2.26. The molecule has 5 heteroatoms. The van der Waals surface area contributed by atoms with Crippen LogP contribution in [0.2, 0.25) is 0 Å². The Morgan fingerprint density at radius 1 is 0.742 bits per heavy atom. The maximum Gasteiger partial charge on any atom is 0.127 e. The van der Waals surface area contributed by atoms with Crippen molar-refractivity contribution in [3.8, 4) is 28.7 Å². The number of benzene rings is 3. The molecule has 1 saturated heterocycles. The highest BCUT2D eigenvalue weighted by Crippen LogP contribution is 2.29. The van der Waals surface area contributed by atoms with Gasteiger partial charge in [-0.2, -0.15) is 0 Å². The van der Waals surface area contributed by atoms with E-state index in [1.807, 2.05) is 30.3 Å². The first-order valence-corrected chi connectivity index (χ1v) is 10.9. The molecule has 4 rings (SSSR count). The summed E-state index contributed by atoms with van der Waals surface area (Å²) in [6.07, 6.45) is 4.53. The Morgan fingerprint density at radius 3 is 2.16 bits per heavy atom. The number of piperidine rings is 1. The van der Waals surface area contributed by atoms with E-state index < -0.39 is 0 Å². The Hall–Kier alpha value is -3.18. The minimum Gasteiger partial charge on any atom is -0.508 e. The van der Waals surface area contributed by atoms with Crippen molar-refractivity contribution in [3.63, 3.8) is 0 Å². The number of aromatic hydroxyl groups is 2. The number of phenols is 2. The lowest BCUT2D eigenvalue weighted by atomic mass is 10.0. The van der Waals surface area contributed by atoms with E-state index in [4.69, 9.17) is 9.47 Å². The first-order valence-electron chi connectivity index (χ1n) is 10.9. The predicted molar refractivity (Wildman–Crippen MR) is 121 cm³/mol. The molecule has 0 saturated carbocycles. The monoisotopic (exact) mass is 419 g/mol. The molecular weight excluding hydrogens is 390 g/mol. The normalized spacial score (nSPS) is 14.3. The second-order valence-corrected chi connectivity index (χ2v) is 7.96. The Labute approximate surface area is 183 Å². The maximum absolute atomic E-state index is 10.3. The summed E-state index contributed by atoms with van der Waals surface area (Å²) < 4.78 is 11.7. The van der Waals surface area contributed by atoms with Gasteiger partial charge in [0.05, 0.1) is 0 Å². The van der Waals surface area contributed by atoms with Crippen LogP contribution in [0, 0.1) is 0 Å². The second-order valence-electron chi connectivity index (χ2n) is 7.96. The van der Waals surface area contributed by atoms with Gasteiger partial charge in [0.1, 0.15) is 35.4 Å². The molecule has 1 aliphatic rings. The average Bonchev–Trinajstić information content (AvgIpc) is 2.79. The second kappa shape index (κ2) is 10.2. The molecule has 1 heterocycles. The van der Waals surface area contributed by atoms with Crippen molar-refractivity contribution in [1.82, 2.24) is 4.90 Å². The van der Waals surface area contributed by atoms with Crippen LogP contribution < -0.4 is 9.47 Å². The Balaban J connectivity index is 1.33. The fraction of sp³-hybridized carbons (Fsp3) is 0.308. The van der Waals surface area contributed by atoms with Crippen molar-refractivity contribution in [2.45, 2.75) is 25.7 Å². The lowest BCUT2D eigenvalue weighted by molar-refractivity contribution is 0.183. The lowest BCUT2D eigenvalue weighted by Crippen LogP contribution is -2.33. The average molecular weight is 420 g/mol. The molecule has 162 valence electrons. The number of likely N-dealkylation sites (tertiary alicyclic amines) is 1. The highest BCUT2D eigenvalue weighted by atomic mass is 16.5. The van der Waals surface area contributed by atoms with Gasteiger partial charge in [0.2, 0.25) is 0 Å². The molecule has 0 atom stereocenters. The third-order valence-electron chi connectivity index (χ3n) is 5.57. The van der Waals surface area contributed by atoms with E-state index in [1.54, 1.807) is 36.4 Å². The standard InChI is InChI=1S/C26H29NO4/c28-22-6-10-24(11-7-22)31-25-12-13-26(29)21(19-25)18-20-4-8-23(9-5-20)30-17-16-27-14-2-1-3-15-27/h4-13,19,28-29H,1-3,14-18H2. The van der Waals surface area contributed by atoms with Gasteiger partial charge in [0.25, 0.3) is 0 Å². The number of phenolic OH excluding ortho intramolecular Hbond substituents is 2. The summed E-state index contributed by atoms with van der Waals surface area (Å²) in [5.41, 5.74) is 1.87. The first kappa shape index (κ1) is 21.1. The minimum atomic E-state index is 0.192. The number of ether oxygens (including phenoxy) is 2. The molecule has 31 heavy (non-hydrogen) atoms. The Morgan fingerprint density at radius 2 is 1.42 bits per heavy atom. The third kappa shape index (κ3) is 6.15. The maximum atomic E-state index is 10.3. The highest BCUT2D eigenvalue weighted by Gasteiger charge is 2.10. The Bertz CT molecular complexity index is 964. The molecule has 1 aliphatic heterocycles. The van der Waals surface area contributed by atoms with Gasteiger partial charge in [0, 0.05) is 18.5 Å². The summed E-state index contributed by atoms with van der Waals surface area (Å²) in [5.74, 6) is 2.56. The molecule has 0 aliphatic carbocycles. The summed E-state index contributed by atoms with van der Waals surface area (Å²) in [5, 5.41) is 19.7. The quantitative estimate of drug-likeness (QED) is 0.516. The number of rotatable bonds is 8. The number of hydrogen-bond donors (Lipinski definition) is 2. The van der Waals surface area contributed by atoms with Crippen LogP contribution in [0.25, 0.3) is 0 Å². The van der Waals surface area contributed by atoms with E-state index in [1.165, 1.54) is 32.4 Å². The van der Waals surface area contributed by atoms with Gasteiger partial charge in [-0.1, -0.05) is 18.6 Å². The molecule has 5 nitrogen and oxygen atoms in total. The largest absolute Gasteiger partial charge is 0.508 e. The molecule has 0 bridgehead atoms. The van der Waals surface area contributed by atoms with Crippen molar-refractivity contribution < 1.29 is 19.7 Å². The first-order chi connectivity index (χ1) is 15.2. The fourth-order valence-corrected chi connectivity index (χ4v) is 3.82. The molecule has 0 unspecified atom stereocenters. The highest BCUT2D eigenvalue weighted by molar-refractivity contribution is 5.44. The molecule has 3 aromatic rings. The van der Waals surface area contributed by atoms with Crippen LogP contribution in [0.3, 0.4) is 0 Å². The van der Waals surface area contributed by atoms with Crippen molar-refractivity contribution in [2.24, 2.45) is 0 Å². The van der Waals surface area contributed by atoms with Gasteiger partial charge in [-0.05, 0) is 86.1 Å². The molecule has 0 spiro atoms. The SMILES string of the molecule is Oc1ccc(Oc2ccc(O)c(Cc3ccc(OCCN4CCCCC4)cc3)c2)cc1. The van der Waals surface area contributed by atoms with Crippen LogP contribution in [-0.2, 0) is 6.42 Å². The van der Waals surface area contributed by atoms with E-state index in [9.17, 15) is 10.2 Å². The fourth-order valence-electron chi connectivity index (χ4n) is 3.82. The summed E-state index contributed by atoms with van der Waals surface area (Å²) in [4.78, 5) is 2.47. The van der Waals surface area contributed by atoms with Crippen molar-refractivity contribution >= 4 is 0 Å². The third-order valence-corrected chi connectivity index (χ3v) is 5.57.